The maximum atomic E-state index is 14.3. The molecule has 0 radical (unpaired) electrons. The molecule has 5 rings (SSSR count). The van der Waals surface area contributed by atoms with E-state index in [9.17, 15) is 4.39 Å². The lowest BCUT2D eigenvalue weighted by molar-refractivity contribution is 0.631. The zero-order chi connectivity index (χ0) is 18.2. The van der Waals surface area contributed by atoms with E-state index in [-0.39, 0.29) is 5.56 Å². The number of nitrogens with zero attached hydrogens (tertiary/aromatic N) is 4. The summed E-state index contributed by atoms with van der Waals surface area (Å²) in [5.74, 6) is -0.400. The lowest BCUT2D eigenvalue weighted by atomic mass is 9.98. The van der Waals surface area contributed by atoms with Crippen molar-refractivity contribution in [3.63, 3.8) is 0 Å². The number of pyridine rings is 4. The van der Waals surface area contributed by atoms with E-state index in [1.807, 2.05) is 24.3 Å². The molecule has 0 saturated carbocycles. The van der Waals surface area contributed by atoms with Gasteiger partial charge in [-0.15, -0.1) is 0 Å². The van der Waals surface area contributed by atoms with Crippen LogP contribution >= 0.6 is 0 Å². The maximum Gasteiger partial charge on any atom is 0.160 e. The minimum atomic E-state index is -0.400. The zero-order valence-corrected chi connectivity index (χ0v) is 14.0. The van der Waals surface area contributed by atoms with Crippen LogP contribution in [-0.2, 0) is 0 Å². The molecule has 0 atom stereocenters. The fourth-order valence-electron chi connectivity index (χ4n) is 3.20. The van der Waals surface area contributed by atoms with E-state index in [1.165, 1.54) is 12.1 Å². The highest BCUT2D eigenvalue weighted by molar-refractivity contribution is 6.04. The number of fused-ring (bicyclic) bond motifs is 2. The van der Waals surface area contributed by atoms with Crippen molar-refractivity contribution in [1.82, 2.24) is 19.9 Å². The van der Waals surface area contributed by atoms with Gasteiger partial charge in [0.25, 0.3) is 0 Å². The van der Waals surface area contributed by atoms with E-state index < -0.39 is 5.82 Å². The van der Waals surface area contributed by atoms with Gasteiger partial charge in [0.15, 0.2) is 5.65 Å². The molecule has 5 heteroatoms. The molecule has 4 nitrogen and oxygen atoms in total. The molecule has 4 heterocycles. The van der Waals surface area contributed by atoms with Crippen molar-refractivity contribution in [2.45, 2.75) is 0 Å². The van der Waals surface area contributed by atoms with E-state index in [2.05, 4.69) is 32.1 Å². The molecule has 0 bridgehead atoms. The molecular weight excluding hydrogens is 339 g/mol. The zero-order valence-electron chi connectivity index (χ0n) is 14.0. The molecule has 0 unspecified atom stereocenters. The summed E-state index contributed by atoms with van der Waals surface area (Å²) in [4.78, 5) is 17.4. The van der Waals surface area contributed by atoms with Gasteiger partial charge >= 0.3 is 0 Å². The van der Waals surface area contributed by atoms with E-state index in [1.54, 1.807) is 31.0 Å². The Morgan fingerprint density at radius 3 is 2.74 bits per heavy atom. The Kier molecular flexibility index (Phi) is 3.48. The predicted molar refractivity (Wildman–Crippen MR) is 101 cm³/mol. The first-order valence-corrected chi connectivity index (χ1v) is 8.33. The topological polar surface area (TPSA) is 51.6 Å². The van der Waals surface area contributed by atoms with Gasteiger partial charge in [-0.25, -0.2) is 14.4 Å². The number of aromatic nitrogens is 4. The standard InChI is InChI=1S/C22H11FN4/c23-20-6-2-1-4-17(20)21-10-18(16-5-3-8-26-22(16)27-21)19-13-25-12-14-11-24-9-7-15(14)19/h2-3,5-13H. The number of hydrogen-bond donors (Lipinski definition) is 0. The summed E-state index contributed by atoms with van der Waals surface area (Å²) in [6, 6.07) is 16.0. The third-order valence-electron chi connectivity index (χ3n) is 4.44. The highest BCUT2D eigenvalue weighted by atomic mass is 19.1. The number of halogens is 1. The average molecular weight is 350 g/mol. The Hall–Kier alpha value is -3.91. The smallest absolute Gasteiger partial charge is 0.160 e. The Morgan fingerprint density at radius 1 is 0.889 bits per heavy atom. The molecule has 5 aromatic rings. The van der Waals surface area contributed by atoms with Gasteiger partial charge in [0.05, 0.1) is 11.3 Å². The van der Waals surface area contributed by atoms with Crippen molar-refractivity contribution >= 4 is 21.8 Å². The first-order valence-electron chi connectivity index (χ1n) is 8.33. The summed E-state index contributed by atoms with van der Waals surface area (Å²) in [6.45, 7) is 0. The second-order valence-corrected chi connectivity index (χ2v) is 6.04. The van der Waals surface area contributed by atoms with Gasteiger partial charge < -0.3 is 0 Å². The molecule has 0 N–H and O–H groups in total. The summed E-state index contributed by atoms with van der Waals surface area (Å²) >= 11 is 0. The molecular formula is C22H11FN4. The Labute approximate surface area is 154 Å². The van der Waals surface area contributed by atoms with Crippen LogP contribution in [0.15, 0.2) is 67.4 Å². The lowest BCUT2D eigenvalue weighted by Gasteiger charge is -2.11. The van der Waals surface area contributed by atoms with Gasteiger partial charge in [0.1, 0.15) is 5.82 Å². The highest BCUT2D eigenvalue weighted by Gasteiger charge is 2.14. The first-order chi connectivity index (χ1) is 13.3. The Morgan fingerprint density at radius 2 is 1.81 bits per heavy atom. The Bertz CT molecular complexity index is 1290. The van der Waals surface area contributed by atoms with Gasteiger partial charge in [-0.1, -0.05) is 12.1 Å². The van der Waals surface area contributed by atoms with Gasteiger partial charge in [0.2, 0.25) is 0 Å². The van der Waals surface area contributed by atoms with Crippen molar-refractivity contribution in [3.05, 3.63) is 85.3 Å². The van der Waals surface area contributed by atoms with Crippen LogP contribution in [-0.4, -0.2) is 19.9 Å². The highest BCUT2D eigenvalue weighted by Crippen LogP contribution is 2.34. The number of rotatable bonds is 2. The molecule has 126 valence electrons. The second-order valence-electron chi connectivity index (χ2n) is 6.04. The van der Waals surface area contributed by atoms with Crippen LogP contribution in [0.4, 0.5) is 4.39 Å². The monoisotopic (exact) mass is 350 g/mol. The van der Waals surface area contributed by atoms with Crippen molar-refractivity contribution in [1.29, 1.82) is 0 Å². The first kappa shape index (κ1) is 15.4. The fourth-order valence-corrected chi connectivity index (χ4v) is 3.20. The van der Waals surface area contributed by atoms with E-state index in [4.69, 9.17) is 0 Å². The molecule has 0 saturated heterocycles. The summed E-state index contributed by atoms with van der Waals surface area (Å²) in [5, 5.41) is 2.80. The molecule has 0 aliphatic rings. The quantitative estimate of drug-likeness (QED) is 0.465. The van der Waals surface area contributed by atoms with Crippen molar-refractivity contribution in [3.8, 4) is 22.4 Å². The minimum Gasteiger partial charge on any atom is -0.264 e. The summed E-state index contributed by atoms with van der Waals surface area (Å²) < 4.78 is 14.3. The van der Waals surface area contributed by atoms with Crippen molar-refractivity contribution < 1.29 is 4.39 Å². The van der Waals surface area contributed by atoms with E-state index >= 15 is 0 Å². The molecule has 0 aliphatic carbocycles. The average Bonchev–Trinajstić information content (AvgIpc) is 2.73. The normalized spacial score (nSPS) is 10.9. The SMILES string of the molecule is Fc1ccc#cc1-c1cc(-c2cncc3cnccc23)c2cccnc2n1. The molecule has 0 amide bonds. The van der Waals surface area contributed by atoms with E-state index in [0.717, 1.165) is 27.3 Å². The van der Waals surface area contributed by atoms with Crippen LogP contribution in [0.5, 0.6) is 0 Å². The van der Waals surface area contributed by atoms with Gasteiger partial charge in [-0.3, -0.25) is 9.97 Å². The van der Waals surface area contributed by atoms with E-state index in [0.29, 0.717) is 11.3 Å². The van der Waals surface area contributed by atoms with Crippen LogP contribution in [0.2, 0.25) is 0 Å². The minimum absolute atomic E-state index is 0.265. The van der Waals surface area contributed by atoms with Crippen LogP contribution in [0, 0.1) is 17.9 Å². The third kappa shape index (κ3) is 2.55. The van der Waals surface area contributed by atoms with Crippen LogP contribution in [0.1, 0.15) is 0 Å². The largest absolute Gasteiger partial charge is 0.264 e. The van der Waals surface area contributed by atoms with Gasteiger partial charge in [-0.2, -0.15) is 0 Å². The maximum absolute atomic E-state index is 14.3. The summed E-state index contributed by atoms with van der Waals surface area (Å²) in [6.07, 6.45) is 8.76. The molecule has 0 spiro atoms. The summed E-state index contributed by atoms with van der Waals surface area (Å²) in [5.41, 5.74) is 3.05. The van der Waals surface area contributed by atoms with Crippen LogP contribution in [0.3, 0.4) is 0 Å². The Balaban J connectivity index is 1.87. The van der Waals surface area contributed by atoms with Crippen LogP contribution in [0.25, 0.3) is 44.2 Å². The molecule has 1 aromatic carbocycles. The third-order valence-corrected chi connectivity index (χ3v) is 4.44. The van der Waals surface area contributed by atoms with Crippen molar-refractivity contribution in [2.75, 3.05) is 0 Å². The number of hydrogen-bond acceptors (Lipinski definition) is 4. The van der Waals surface area contributed by atoms with Gasteiger partial charge in [-0.05, 0) is 47.3 Å². The van der Waals surface area contributed by atoms with Crippen molar-refractivity contribution in [2.24, 2.45) is 0 Å². The fraction of sp³-hybridized carbons (Fsp3) is 0. The van der Waals surface area contributed by atoms with Gasteiger partial charge in [0, 0.05) is 47.3 Å². The lowest BCUT2D eigenvalue weighted by Crippen LogP contribution is -1.94. The molecule has 0 fully saturated rings. The molecule has 4 aromatic heterocycles. The predicted octanol–water partition coefficient (Wildman–Crippen LogP) is 4.65. The second kappa shape index (κ2) is 6.11. The molecule has 0 aliphatic heterocycles. The molecule has 27 heavy (non-hydrogen) atoms. The van der Waals surface area contributed by atoms with Crippen LogP contribution < -0.4 is 0 Å². The summed E-state index contributed by atoms with van der Waals surface area (Å²) in [7, 11) is 0.